The normalized spacial score (nSPS) is 19.4. The van der Waals surface area contributed by atoms with Crippen LogP contribution in [0.25, 0.3) is 0 Å². The van der Waals surface area contributed by atoms with Crippen molar-refractivity contribution in [3.8, 4) is 17.2 Å². The standard InChI is InChI=1S/C33H42N2O3/c1-34-33-22-28(37-3)21-31-30(29(23-32(31)33)25-10-14-26(36-2)15-11-25)20-24-8-12-27(13-9-24)38-19-18-35-16-6-4-5-7-17-35/h8-15,21-22,29-30,34H,4-7,16-20,23H2,1-3H3. The molecule has 0 spiro atoms. The molecule has 202 valence electrons. The molecule has 5 heteroatoms. The minimum absolute atomic E-state index is 0.357. The van der Waals surface area contributed by atoms with Crippen LogP contribution in [0.15, 0.2) is 60.7 Å². The molecule has 0 amide bonds. The number of hydrogen-bond acceptors (Lipinski definition) is 5. The quantitative estimate of drug-likeness (QED) is 0.327. The number of nitrogens with zero attached hydrogens (tertiary/aromatic N) is 1. The van der Waals surface area contributed by atoms with E-state index in [4.69, 9.17) is 14.2 Å². The summed E-state index contributed by atoms with van der Waals surface area (Å²) in [4.78, 5) is 2.55. The third-order valence-corrected chi connectivity index (χ3v) is 8.37. The molecule has 0 bridgehead atoms. The van der Waals surface area contributed by atoms with Gasteiger partial charge in [-0.05, 0) is 103 Å². The molecule has 5 nitrogen and oxygen atoms in total. The van der Waals surface area contributed by atoms with E-state index >= 15 is 0 Å². The maximum atomic E-state index is 6.13. The minimum Gasteiger partial charge on any atom is -0.497 e. The lowest BCUT2D eigenvalue weighted by Crippen LogP contribution is -2.29. The van der Waals surface area contributed by atoms with Crippen LogP contribution in [0.1, 0.15) is 59.8 Å². The summed E-state index contributed by atoms with van der Waals surface area (Å²) in [7, 11) is 5.46. The van der Waals surface area contributed by atoms with Gasteiger partial charge in [0.15, 0.2) is 0 Å². The van der Waals surface area contributed by atoms with Crippen molar-refractivity contribution in [1.29, 1.82) is 0 Å². The summed E-state index contributed by atoms with van der Waals surface area (Å²) in [5.41, 5.74) is 6.62. The molecular weight excluding hydrogens is 472 g/mol. The number of ether oxygens (including phenoxy) is 3. The maximum Gasteiger partial charge on any atom is 0.121 e. The van der Waals surface area contributed by atoms with Gasteiger partial charge in [-0.25, -0.2) is 0 Å². The fraction of sp³-hybridized carbons (Fsp3) is 0.455. The lowest BCUT2D eigenvalue weighted by atomic mass is 9.82. The first kappa shape index (κ1) is 26.4. The molecule has 1 aliphatic carbocycles. The first-order valence-electron chi connectivity index (χ1n) is 14.1. The van der Waals surface area contributed by atoms with Crippen LogP contribution in [0.2, 0.25) is 0 Å². The average Bonchev–Trinajstić information content (AvgIpc) is 3.12. The number of benzene rings is 3. The van der Waals surface area contributed by atoms with Crippen LogP contribution in [-0.4, -0.2) is 52.4 Å². The zero-order valence-electron chi connectivity index (χ0n) is 23.2. The van der Waals surface area contributed by atoms with E-state index in [0.29, 0.717) is 11.8 Å². The molecule has 0 aromatic heterocycles. The highest BCUT2D eigenvalue weighted by molar-refractivity contribution is 5.63. The summed E-state index contributed by atoms with van der Waals surface area (Å²) in [6.45, 7) is 4.18. The summed E-state index contributed by atoms with van der Waals surface area (Å²) in [6, 6.07) is 21.7. The highest BCUT2D eigenvalue weighted by Gasteiger charge is 2.35. The van der Waals surface area contributed by atoms with E-state index in [-0.39, 0.29) is 0 Å². The number of hydrogen-bond donors (Lipinski definition) is 1. The van der Waals surface area contributed by atoms with Crippen molar-refractivity contribution >= 4 is 5.69 Å². The van der Waals surface area contributed by atoms with E-state index in [0.717, 1.165) is 48.9 Å². The topological polar surface area (TPSA) is 43.0 Å². The Balaban J connectivity index is 1.32. The maximum absolute atomic E-state index is 6.13. The molecule has 0 radical (unpaired) electrons. The molecular formula is C33H42N2O3. The van der Waals surface area contributed by atoms with Crippen molar-refractivity contribution < 1.29 is 14.2 Å². The van der Waals surface area contributed by atoms with Crippen LogP contribution in [0.4, 0.5) is 5.69 Å². The molecule has 3 aromatic rings. The summed E-state index contributed by atoms with van der Waals surface area (Å²) in [6.07, 6.45) is 7.34. The van der Waals surface area contributed by atoms with Gasteiger partial charge in [-0.2, -0.15) is 0 Å². The van der Waals surface area contributed by atoms with Crippen LogP contribution in [0.3, 0.4) is 0 Å². The fourth-order valence-electron chi connectivity index (χ4n) is 6.23. The van der Waals surface area contributed by atoms with Crippen LogP contribution < -0.4 is 19.5 Å². The summed E-state index contributed by atoms with van der Waals surface area (Å²) in [5, 5.41) is 3.41. The lowest BCUT2D eigenvalue weighted by Gasteiger charge is -2.22. The van der Waals surface area contributed by atoms with Crippen LogP contribution in [0, 0.1) is 0 Å². The van der Waals surface area contributed by atoms with Crippen molar-refractivity contribution in [1.82, 2.24) is 4.90 Å². The van der Waals surface area contributed by atoms with Crippen LogP contribution in [-0.2, 0) is 12.8 Å². The monoisotopic (exact) mass is 514 g/mol. The van der Waals surface area contributed by atoms with Crippen molar-refractivity contribution in [2.45, 2.75) is 50.4 Å². The Bertz CT molecular complexity index is 1170. The van der Waals surface area contributed by atoms with Gasteiger partial charge in [-0.1, -0.05) is 37.1 Å². The average molecular weight is 515 g/mol. The van der Waals surface area contributed by atoms with Gasteiger partial charge in [0.25, 0.3) is 0 Å². The van der Waals surface area contributed by atoms with E-state index < -0.39 is 0 Å². The van der Waals surface area contributed by atoms with Gasteiger partial charge in [0.1, 0.15) is 23.9 Å². The first-order valence-corrected chi connectivity index (χ1v) is 14.1. The molecule has 1 fully saturated rings. The van der Waals surface area contributed by atoms with Gasteiger partial charge in [0, 0.05) is 25.3 Å². The van der Waals surface area contributed by atoms with Crippen molar-refractivity contribution in [2.75, 3.05) is 52.8 Å². The van der Waals surface area contributed by atoms with Gasteiger partial charge in [0.05, 0.1) is 14.2 Å². The van der Waals surface area contributed by atoms with Crippen molar-refractivity contribution in [3.05, 3.63) is 82.9 Å². The molecule has 2 atom stereocenters. The van der Waals surface area contributed by atoms with Gasteiger partial charge in [-0.15, -0.1) is 0 Å². The Morgan fingerprint density at radius 2 is 1.50 bits per heavy atom. The molecule has 3 aromatic carbocycles. The summed E-state index contributed by atoms with van der Waals surface area (Å²) in [5.74, 6) is 3.50. The SMILES string of the molecule is CNc1cc(OC)cc2c1CC(c1ccc(OC)cc1)C2Cc1ccc(OCCN2CCCCCC2)cc1. The second-order valence-electron chi connectivity index (χ2n) is 10.6. The Morgan fingerprint density at radius 3 is 2.16 bits per heavy atom. The van der Waals surface area contributed by atoms with Gasteiger partial charge in [-0.3, -0.25) is 4.90 Å². The van der Waals surface area contributed by atoms with E-state index in [2.05, 4.69) is 70.9 Å². The molecule has 1 saturated heterocycles. The molecule has 2 aliphatic rings. The molecule has 2 unspecified atom stereocenters. The van der Waals surface area contributed by atoms with Crippen LogP contribution in [0.5, 0.6) is 17.2 Å². The lowest BCUT2D eigenvalue weighted by molar-refractivity contribution is 0.214. The zero-order valence-corrected chi connectivity index (χ0v) is 23.2. The molecule has 5 rings (SSSR count). The number of likely N-dealkylation sites (tertiary alicyclic amines) is 1. The molecule has 0 saturated carbocycles. The fourth-order valence-corrected chi connectivity index (χ4v) is 6.23. The van der Waals surface area contributed by atoms with E-state index in [9.17, 15) is 0 Å². The number of fused-ring (bicyclic) bond motifs is 1. The van der Waals surface area contributed by atoms with Gasteiger partial charge < -0.3 is 19.5 Å². The first-order chi connectivity index (χ1) is 18.7. The van der Waals surface area contributed by atoms with E-state index in [1.165, 1.54) is 61.0 Å². The molecule has 38 heavy (non-hydrogen) atoms. The van der Waals surface area contributed by atoms with Crippen LogP contribution >= 0.6 is 0 Å². The number of methoxy groups -OCH3 is 2. The zero-order chi connectivity index (χ0) is 26.3. The van der Waals surface area contributed by atoms with E-state index in [1.807, 2.05) is 7.05 Å². The predicted molar refractivity (Wildman–Crippen MR) is 155 cm³/mol. The number of nitrogens with one attached hydrogen (secondary N) is 1. The Kier molecular flexibility index (Phi) is 8.75. The highest BCUT2D eigenvalue weighted by atomic mass is 16.5. The number of rotatable bonds is 10. The Hall–Kier alpha value is -3.18. The predicted octanol–water partition coefficient (Wildman–Crippen LogP) is 6.67. The number of anilines is 1. The second-order valence-corrected chi connectivity index (χ2v) is 10.6. The van der Waals surface area contributed by atoms with Gasteiger partial charge >= 0.3 is 0 Å². The third kappa shape index (κ3) is 6.10. The second kappa shape index (κ2) is 12.6. The van der Waals surface area contributed by atoms with E-state index in [1.54, 1.807) is 14.2 Å². The summed E-state index contributed by atoms with van der Waals surface area (Å²) < 4.78 is 17.2. The summed E-state index contributed by atoms with van der Waals surface area (Å²) >= 11 is 0. The molecule has 1 heterocycles. The van der Waals surface area contributed by atoms with Crippen molar-refractivity contribution in [3.63, 3.8) is 0 Å². The Morgan fingerprint density at radius 1 is 0.816 bits per heavy atom. The minimum atomic E-state index is 0.357. The smallest absolute Gasteiger partial charge is 0.121 e. The van der Waals surface area contributed by atoms with Crippen molar-refractivity contribution in [2.24, 2.45) is 0 Å². The molecule has 1 N–H and O–H groups in total. The molecule has 1 aliphatic heterocycles. The Labute approximate surface area is 228 Å². The highest BCUT2D eigenvalue weighted by Crippen LogP contribution is 2.49. The van der Waals surface area contributed by atoms with Gasteiger partial charge in [0.2, 0.25) is 0 Å². The largest absolute Gasteiger partial charge is 0.497 e. The third-order valence-electron chi connectivity index (χ3n) is 8.37.